The predicted molar refractivity (Wildman–Crippen MR) is 60.5 cm³/mol. The van der Waals surface area contributed by atoms with Crippen LogP contribution in [0, 0.1) is 5.41 Å². The maximum atomic E-state index is 4.32. The van der Waals surface area contributed by atoms with Gasteiger partial charge in [-0.05, 0) is 6.92 Å². The molecule has 1 aliphatic rings. The van der Waals surface area contributed by atoms with Gasteiger partial charge in [0.25, 0.3) is 0 Å². The smallest absolute Gasteiger partial charge is 0.177 e. The van der Waals surface area contributed by atoms with Gasteiger partial charge in [0.1, 0.15) is 0 Å². The number of thioether (sulfide) groups is 1. The van der Waals surface area contributed by atoms with Crippen molar-refractivity contribution in [2.45, 2.75) is 27.7 Å². The lowest BCUT2D eigenvalue weighted by atomic mass is 9.91. The molecule has 0 atom stereocenters. The maximum absolute atomic E-state index is 4.32. The van der Waals surface area contributed by atoms with Gasteiger partial charge < -0.3 is 0 Å². The molecule has 0 spiro atoms. The van der Waals surface area contributed by atoms with E-state index in [2.05, 4.69) is 36.3 Å². The monoisotopic (exact) mass is 199 g/mol. The van der Waals surface area contributed by atoms with Crippen molar-refractivity contribution in [2.75, 3.05) is 12.3 Å². The highest BCUT2D eigenvalue weighted by atomic mass is 32.2. The fraction of sp³-hybridized carbons (Fsp3) is 0.778. The Labute approximate surface area is 84.1 Å². The van der Waals surface area contributed by atoms with Crippen LogP contribution >= 0.6 is 11.8 Å². The lowest BCUT2D eigenvalue weighted by Crippen LogP contribution is -2.32. The molecule has 4 heteroatoms. The summed E-state index contributed by atoms with van der Waals surface area (Å²) in [6.45, 7) is 9.37. The number of amidine groups is 1. The molecule has 0 unspecified atom stereocenters. The molecule has 0 amide bonds. The van der Waals surface area contributed by atoms with Gasteiger partial charge >= 0.3 is 0 Å². The van der Waals surface area contributed by atoms with E-state index in [1.165, 1.54) is 5.71 Å². The number of aliphatic imine (C=N–C) groups is 1. The molecule has 3 nitrogen and oxygen atoms in total. The van der Waals surface area contributed by atoms with Crippen molar-refractivity contribution in [3.05, 3.63) is 0 Å². The Morgan fingerprint density at radius 3 is 2.62 bits per heavy atom. The van der Waals surface area contributed by atoms with Crippen LogP contribution in [0.15, 0.2) is 10.1 Å². The zero-order valence-electron chi connectivity index (χ0n) is 8.72. The van der Waals surface area contributed by atoms with Crippen LogP contribution in [-0.4, -0.2) is 23.2 Å². The molecular formula is C9H17N3S. The van der Waals surface area contributed by atoms with Gasteiger partial charge in [-0.25, -0.2) is 0 Å². The minimum absolute atomic E-state index is 0.164. The van der Waals surface area contributed by atoms with Crippen LogP contribution in [-0.2, 0) is 0 Å². The average Bonchev–Trinajstić information content (AvgIpc) is 2.04. The van der Waals surface area contributed by atoms with Crippen molar-refractivity contribution in [3.63, 3.8) is 0 Å². The normalized spacial score (nSPS) is 21.2. The van der Waals surface area contributed by atoms with Gasteiger partial charge in [0.2, 0.25) is 0 Å². The first kappa shape index (κ1) is 10.6. The van der Waals surface area contributed by atoms with E-state index in [0.29, 0.717) is 0 Å². The summed E-state index contributed by atoms with van der Waals surface area (Å²) in [6.07, 6.45) is 0. The number of nitrogens with one attached hydrogen (secondary N) is 1. The van der Waals surface area contributed by atoms with E-state index in [1.807, 2.05) is 6.92 Å². The SMILES string of the molecule is CCN=C1NN=C(C(C)(C)C)CS1. The molecule has 0 bridgehead atoms. The molecule has 74 valence electrons. The number of nitrogens with zero attached hydrogens (tertiary/aromatic N) is 2. The van der Waals surface area contributed by atoms with Crippen LogP contribution < -0.4 is 5.43 Å². The number of rotatable bonds is 1. The third-order valence-corrected chi connectivity index (χ3v) is 2.71. The number of hydrogen-bond donors (Lipinski definition) is 1. The summed E-state index contributed by atoms with van der Waals surface area (Å²) in [6, 6.07) is 0. The van der Waals surface area contributed by atoms with Crippen molar-refractivity contribution in [1.29, 1.82) is 0 Å². The molecule has 0 aromatic rings. The Morgan fingerprint density at radius 1 is 1.54 bits per heavy atom. The van der Waals surface area contributed by atoms with Crippen molar-refractivity contribution < 1.29 is 0 Å². The summed E-state index contributed by atoms with van der Waals surface area (Å²) in [5, 5.41) is 5.26. The minimum Gasteiger partial charge on any atom is -0.262 e. The molecule has 0 fully saturated rings. The highest BCUT2D eigenvalue weighted by Gasteiger charge is 2.22. The molecule has 0 saturated carbocycles. The third-order valence-electron chi connectivity index (χ3n) is 1.80. The summed E-state index contributed by atoms with van der Waals surface area (Å²) < 4.78 is 0. The molecule has 1 aliphatic heterocycles. The third kappa shape index (κ3) is 3.03. The minimum atomic E-state index is 0.164. The number of hydrazone groups is 1. The molecule has 0 saturated heterocycles. The van der Waals surface area contributed by atoms with Gasteiger partial charge in [0.05, 0.1) is 5.71 Å². The quantitative estimate of drug-likeness (QED) is 0.702. The van der Waals surface area contributed by atoms with Crippen molar-refractivity contribution >= 4 is 22.6 Å². The van der Waals surface area contributed by atoms with Crippen LogP contribution in [0.5, 0.6) is 0 Å². The molecule has 1 N–H and O–H groups in total. The molecular weight excluding hydrogens is 182 g/mol. The largest absolute Gasteiger partial charge is 0.262 e. The Kier molecular flexibility index (Phi) is 3.36. The van der Waals surface area contributed by atoms with E-state index in [-0.39, 0.29) is 5.41 Å². The highest BCUT2D eigenvalue weighted by Crippen LogP contribution is 2.21. The molecule has 0 aromatic carbocycles. The zero-order chi connectivity index (χ0) is 9.90. The maximum Gasteiger partial charge on any atom is 0.177 e. The van der Waals surface area contributed by atoms with E-state index < -0.39 is 0 Å². The standard InChI is InChI=1S/C9H17N3S/c1-5-10-8-12-11-7(6-13-8)9(2,3)4/h5-6H2,1-4H3,(H,10,12). The predicted octanol–water partition coefficient (Wildman–Crippen LogP) is 2.10. The summed E-state index contributed by atoms with van der Waals surface area (Å²) in [5.41, 5.74) is 4.34. The Hall–Kier alpha value is -0.510. The molecule has 1 rings (SSSR count). The van der Waals surface area contributed by atoms with Crippen LogP contribution in [0.1, 0.15) is 27.7 Å². The van der Waals surface area contributed by atoms with Crippen molar-refractivity contribution in [3.8, 4) is 0 Å². The van der Waals surface area contributed by atoms with Gasteiger partial charge in [-0.3, -0.25) is 10.4 Å². The Bertz CT molecular complexity index is 238. The summed E-state index contributed by atoms with van der Waals surface area (Å²) in [7, 11) is 0. The van der Waals surface area contributed by atoms with Crippen LogP contribution in [0.25, 0.3) is 0 Å². The topological polar surface area (TPSA) is 36.8 Å². The fourth-order valence-corrected chi connectivity index (χ4v) is 2.03. The number of hydrogen-bond acceptors (Lipinski definition) is 3. The second kappa shape index (κ2) is 4.13. The van der Waals surface area contributed by atoms with Crippen molar-refractivity contribution in [1.82, 2.24) is 5.43 Å². The lowest BCUT2D eigenvalue weighted by molar-refractivity contribution is 0.583. The lowest BCUT2D eigenvalue weighted by Gasteiger charge is -2.24. The molecule has 0 aromatic heterocycles. The fourth-order valence-electron chi connectivity index (χ4n) is 0.925. The average molecular weight is 199 g/mol. The van der Waals surface area contributed by atoms with Crippen LogP contribution in [0.3, 0.4) is 0 Å². The summed E-state index contributed by atoms with van der Waals surface area (Å²) >= 11 is 1.73. The van der Waals surface area contributed by atoms with E-state index >= 15 is 0 Å². The molecule has 1 heterocycles. The van der Waals surface area contributed by atoms with Gasteiger partial charge in [0.15, 0.2) is 5.17 Å². The van der Waals surface area contributed by atoms with Gasteiger partial charge in [-0.1, -0.05) is 32.5 Å². The van der Waals surface area contributed by atoms with E-state index in [1.54, 1.807) is 11.8 Å². The molecule has 0 radical (unpaired) electrons. The van der Waals surface area contributed by atoms with Crippen LogP contribution in [0.2, 0.25) is 0 Å². The van der Waals surface area contributed by atoms with Gasteiger partial charge in [0, 0.05) is 17.7 Å². The van der Waals surface area contributed by atoms with E-state index in [4.69, 9.17) is 0 Å². The van der Waals surface area contributed by atoms with E-state index in [0.717, 1.165) is 17.5 Å². The first-order valence-electron chi connectivity index (χ1n) is 4.54. The zero-order valence-corrected chi connectivity index (χ0v) is 9.53. The molecule has 13 heavy (non-hydrogen) atoms. The highest BCUT2D eigenvalue weighted by molar-refractivity contribution is 8.14. The van der Waals surface area contributed by atoms with Gasteiger partial charge in [-0.2, -0.15) is 5.10 Å². The Morgan fingerprint density at radius 2 is 2.23 bits per heavy atom. The second-order valence-corrected chi connectivity index (χ2v) is 4.95. The second-order valence-electron chi connectivity index (χ2n) is 3.99. The summed E-state index contributed by atoms with van der Waals surface area (Å²) in [5.74, 6) is 0.954. The first-order valence-corrected chi connectivity index (χ1v) is 5.53. The molecule has 0 aliphatic carbocycles. The summed E-state index contributed by atoms with van der Waals surface area (Å²) in [4.78, 5) is 4.26. The Balaban J connectivity index is 2.63. The first-order chi connectivity index (χ1) is 6.04. The van der Waals surface area contributed by atoms with Crippen molar-refractivity contribution in [2.24, 2.45) is 15.5 Å². The van der Waals surface area contributed by atoms with E-state index in [9.17, 15) is 0 Å². The van der Waals surface area contributed by atoms with Crippen LogP contribution in [0.4, 0.5) is 0 Å². The van der Waals surface area contributed by atoms with Gasteiger partial charge in [-0.15, -0.1) is 0 Å².